The van der Waals surface area contributed by atoms with Crippen molar-refractivity contribution >= 4 is 28.7 Å². The molecule has 0 spiro atoms. The van der Waals surface area contributed by atoms with Gasteiger partial charge in [-0.3, -0.25) is 9.89 Å². The standard InChI is InChI=1S/C7H6O.C6H5N3.C6H8N2/c8-6-7-4-2-1-3-5-7;1-2-4-6-5(3-1)7-9-8-6;7-5-1-2-6(8)4-3-5/h1-6H;1-4H,(H,7,8,9);1-4H,7-8H2. The molecule has 6 heteroatoms. The third kappa shape index (κ3) is 6.15. The van der Waals surface area contributed by atoms with Gasteiger partial charge in [0.05, 0.1) is 5.52 Å². The van der Waals surface area contributed by atoms with Crippen molar-refractivity contribution in [3.8, 4) is 0 Å². The van der Waals surface area contributed by atoms with Crippen molar-refractivity contribution in [1.82, 2.24) is 15.4 Å². The van der Waals surface area contributed by atoms with E-state index in [-0.39, 0.29) is 0 Å². The van der Waals surface area contributed by atoms with E-state index in [1.165, 1.54) is 0 Å². The van der Waals surface area contributed by atoms with Gasteiger partial charge < -0.3 is 11.5 Å². The Labute approximate surface area is 145 Å². The Morgan fingerprint density at radius 2 is 1.32 bits per heavy atom. The lowest BCUT2D eigenvalue weighted by atomic mass is 10.2. The number of para-hydroxylation sites is 1. The average molecular weight is 333 g/mol. The summed E-state index contributed by atoms with van der Waals surface area (Å²) in [5.41, 5.74) is 14.9. The maximum Gasteiger partial charge on any atom is 0.150 e. The van der Waals surface area contributed by atoms with Gasteiger partial charge in [0.1, 0.15) is 11.8 Å². The molecule has 0 fully saturated rings. The van der Waals surface area contributed by atoms with E-state index in [1.54, 1.807) is 36.4 Å². The zero-order chi connectivity index (χ0) is 17.9. The van der Waals surface area contributed by atoms with Crippen molar-refractivity contribution < 1.29 is 4.79 Å². The van der Waals surface area contributed by atoms with Crippen LogP contribution in [-0.2, 0) is 0 Å². The van der Waals surface area contributed by atoms with Crippen LogP contribution in [0.4, 0.5) is 11.4 Å². The molecule has 0 amide bonds. The second-order valence-electron chi connectivity index (χ2n) is 5.02. The molecular formula is C19H19N5O. The highest BCUT2D eigenvalue weighted by atomic mass is 16.1. The van der Waals surface area contributed by atoms with Crippen LogP contribution in [0, 0.1) is 0 Å². The number of hydrogen-bond acceptors (Lipinski definition) is 5. The van der Waals surface area contributed by atoms with Crippen LogP contribution in [0.15, 0.2) is 78.9 Å². The number of anilines is 2. The third-order valence-electron chi connectivity index (χ3n) is 3.10. The number of H-pyrrole nitrogens is 1. The van der Waals surface area contributed by atoms with Crippen LogP contribution in [0.3, 0.4) is 0 Å². The first kappa shape index (κ1) is 17.7. The molecule has 0 aliphatic heterocycles. The van der Waals surface area contributed by atoms with Gasteiger partial charge in [-0.25, -0.2) is 0 Å². The maximum absolute atomic E-state index is 10.0. The predicted molar refractivity (Wildman–Crippen MR) is 101 cm³/mol. The molecule has 6 nitrogen and oxygen atoms in total. The molecule has 126 valence electrons. The van der Waals surface area contributed by atoms with Crippen LogP contribution in [0.2, 0.25) is 0 Å². The van der Waals surface area contributed by atoms with Crippen LogP contribution in [0.5, 0.6) is 0 Å². The molecule has 5 N–H and O–H groups in total. The van der Waals surface area contributed by atoms with Crippen molar-refractivity contribution in [2.75, 3.05) is 11.5 Å². The molecule has 25 heavy (non-hydrogen) atoms. The fourth-order valence-corrected chi connectivity index (χ4v) is 1.82. The highest BCUT2D eigenvalue weighted by Crippen LogP contribution is 2.05. The van der Waals surface area contributed by atoms with Gasteiger partial charge in [-0.15, -0.1) is 5.10 Å². The van der Waals surface area contributed by atoms with Crippen LogP contribution in [-0.4, -0.2) is 21.7 Å². The fraction of sp³-hybridized carbons (Fsp3) is 0. The Morgan fingerprint density at radius 1 is 0.760 bits per heavy atom. The summed E-state index contributed by atoms with van der Waals surface area (Å²) in [6.45, 7) is 0. The Balaban J connectivity index is 0.000000136. The minimum absolute atomic E-state index is 0.729. The molecule has 1 aromatic heterocycles. The summed E-state index contributed by atoms with van der Waals surface area (Å²) in [5.74, 6) is 0. The summed E-state index contributed by atoms with van der Waals surface area (Å²) in [6, 6.07) is 23.9. The van der Waals surface area contributed by atoms with Crippen molar-refractivity contribution in [3.05, 3.63) is 84.4 Å². The predicted octanol–water partition coefficient (Wildman–Crippen LogP) is 3.31. The molecule has 0 aliphatic rings. The summed E-state index contributed by atoms with van der Waals surface area (Å²) < 4.78 is 0. The van der Waals surface area contributed by atoms with Gasteiger partial charge in [-0.2, -0.15) is 0 Å². The second kappa shape index (κ2) is 9.46. The van der Waals surface area contributed by atoms with Gasteiger partial charge in [0.2, 0.25) is 0 Å². The van der Waals surface area contributed by atoms with E-state index in [1.807, 2.05) is 42.5 Å². The van der Waals surface area contributed by atoms with E-state index < -0.39 is 0 Å². The lowest BCUT2D eigenvalue weighted by molar-refractivity contribution is 0.112. The Hall–Kier alpha value is -3.67. The molecule has 3 aromatic carbocycles. The first-order valence-electron chi connectivity index (χ1n) is 7.56. The third-order valence-corrected chi connectivity index (χ3v) is 3.10. The molecule has 1 heterocycles. The topological polar surface area (TPSA) is 111 Å². The number of aromatic nitrogens is 3. The minimum Gasteiger partial charge on any atom is -0.399 e. The van der Waals surface area contributed by atoms with Crippen molar-refractivity contribution in [3.63, 3.8) is 0 Å². The SMILES string of the molecule is Nc1ccc(N)cc1.O=Cc1ccccc1.c1ccc2[nH]nnc2c1. The smallest absolute Gasteiger partial charge is 0.150 e. The molecule has 0 aliphatic carbocycles. The van der Waals surface area contributed by atoms with E-state index in [0.717, 1.165) is 34.3 Å². The Kier molecular flexibility index (Phi) is 6.69. The molecule has 0 radical (unpaired) electrons. The first-order chi connectivity index (χ1) is 12.2. The number of aromatic amines is 1. The van der Waals surface area contributed by atoms with Crippen LogP contribution in [0.1, 0.15) is 10.4 Å². The summed E-state index contributed by atoms with van der Waals surface area (Å²) >= 11 is 0. The minimum atomic E-state index is 0.729. The number of nitrogens with one attached hydrogen (secondary N) is 1. The van der Waals surface area contributed by atoms with Gasteiger partial charge >= 0.3 is 0 Å². The van der Waals surface area contributed by atoms with Gasteiger partial charge in [-0.05, 0) is 36.4 Å². The van der Waals surface area contributed by atoms with Gasteiger partial charge in [0.15, 0.2) is 0 Å². The van der Waals surface area contributed by atoms with Crippen molar-refractivity contribution in [2.45, 2.75) is 0 Å². The number of nitrogens with zero attached hydrogens (tertiary/aromatic N) is 2. The molecule has 0 saturated heterocycles. The monoisotopic (exact) mass is 333 g/mol. The zero-order valence-corrected chi connectivity index (χ0v) is 13.5. The Morgan fingerprint density at radius 3 is 1.84 bits per heavy atom. The number of aldehydes is 1. The summed E-state index contributed by atoms with van der Waals surface area (Å²) in [7, 11) is 0. The van der Waals surface area contributed by atoms with E-state index in [9.17, 15) is 4.79 Å². The summed E-state index contributed by atoms with van der Waals surface area (Å²) in [4.78, 5) is 10.0. The van der Waals surface area contributed by atoms with E-state index in [4.69, 9.17) is 11.5 Å². The number of rotatable bonds is 1. The molecule has 0 saturated carbocycles. The van der Waals surface area contributed by atoms with Gasteiger partial charge in [0, 0.05) is 16.9 Å². The molecule has 4 rings (SSSR count). The number of fused-ring (bicyclic) bond motifs is 1. The van der Waals surface area contributed by atoms with E-state index >= 15 is 0 Å². The molecule has 0 unspecified atom stereocenters. The first-order valence-corrected chi connectivity index (χ1v) is 7.56. The van der Waals surface area contributed by atoms with Crippen molar-refractivity contribution in [1.29, 1.82) is 0 Å². The normalized spacial score (nSPS) is 9.28. The highest BCUT2D eigenvalue weighted by molar-refractivity contribution is 5.74. The number of nitrogens with two attached hydrogens (primary N) is 2. The Bertz CT molecular complexity index is 837. The number of hydrogen-bond donors (Lipinski definition) is 3. The molecular weight excluding hydrogens is 314 g/mol. The fourth-order valence-electron chi connectivity index (χ4n) is 1.82. The van der Waals surface area contributed by atoms with Crippen LogP contribution < -0.4 is 11.5 Å². The van der Waals surface area contributed by atoms with Gasteiger partial charge in [0.25, 0.3) is 0 Å². The van der Waals surface area contributed by atoms with Crippen LogP contribution in [0.25, 0.3) is 11.0 Å². The number of carbonyl (C=O) groups is 1. The number of benzene rings is 3. The van der Waals surface area contributed by atoms with Gasteiger partial charge in [-0.1, -0.05) is 47.7 Å². The largest absolute Gasteiger partial charge is 0.399 e. The quantitative estimate of drug-likeness (QED) is 0.365. The van der Waals surface area contributed by atoms with E-state index in [2.05, 4.69) is 15.4 Å². The maximum atomic E-state index is 10.0. The highest BCUT2D eigenvalue weighted by Gasteiger charge is 1.90. The van der Waals surface area contributed by atoms with E-state index in [0.29, 0.717) is 0 Å². The zero-order valence-electron chi connectivity index (χ0n) is 13.5. The lowest BCUT2D eigenvalue weighted by Crippen LogP contribution is -1.86. The summed E-state index contributed by atoms with van der Waals surface area (Å²) in [6.07, 6.45) is 0.833. The van der Waals surface area contributed by atoms with Crippen molar-refractivity contribution in [2.24, 2.45) is 0 Å². The molecule has 0 bridgehead atoms. The number of nitrogen functional groups attached to an aromatic ring is 2. The lowest BCUT2D eigenvalue weighted by Gasteiger charge is -1.90. The molecule has 0 atom stereocenters. The second-order valence-corrected chi connectivity index (χ2v) is 5.02. The number of carbonyl (C=O) groups excluding carboxylic acids is 1. The molecule has 4 aromatic rings. The average Bonchev–Trinajstić information content (AvgIpc) is 3.15. The summed E-state index contributed by atoms with van der Waals surface area (Å²) in [5, 5.41) is 10.2. The van der Waals surface area contributed by atoms with Crippen LogP contribution >= 0.6 is 0 Å².